The highest BCUT2D eigenvalue weighted by Crippen LogP contribution is 2.30. The molecule has 0 aliphatic carbocycles. The normalized spacial score (nSPS) is 14.9. The van der Waals surface area contributed by atoms with Gasteiger partial charge in [0.15, 0.2) is 0 Å². The van der Waals surface area contributed by atoms with Crippen molar-refractivity contribution in [3.05, 3.63) is 83.6 Å². The number of hydrogen-bond donors (Lipinski definition) is 3. The Hall–Kier alpha value is -4.63. The summed E-state index contributed by atoms with van der Waals surface area (Å²) in [6.45, 7) is 7.74. The number of hydrogen-bond acceptors (Lipinski definition) is 6. The first kappa shape index (κ1) is 22.8. The topological polar surface area (TPSA) is 112 Å². The van der Waals surface area contributed by atoms with Gasteiger partial charge in [0.2, 0.25) is 0 Å². The Morgan fingerprint density at radius 3 is 2.84 bits per heavy atom. The van der Waals surface area contributed by atoms with E-state index in [9.17, 15) is 4.39 Å². The van der Waals surface area contributed by atoms with Crippen LogP contribution >= 0.6 is 0 Å². The fraction of sp³-hybridized carbons (Fsp3) is 0.143. The van der Waals surface area contributed by atoms with Crippen molar-refractivity contribution in [1.29, 1.82) is 0 Å². The van der Waals surface area contributed by atoms with Gasteiger partial charge in [-0.3, -0.25) is 15.1 Å². The first-order valence-corrected chi connectivity index (χ1v) is 12.0. The van der Waals surface area contributed by atoms with Gasteiger partial charge in [0.05, 0.1) is 34.8 Å². The molecular formula is C28H25FN8. The fourth-order valence-electron chi connectivity index (χ4n) is 4.59. The highest BCUT2D eigenvalue weighted by molar-refractivity contribution is 5.96. The second-order valence-corrected chi connectivity index (χ2v) is 9.10. The molecule has 4 N–H and O–H groups in total. The fourth-order valence-corrected chi connectivity index (χ4v) is 4.59. The Kier molecular flexibility index (Phi) is 5.61. The van der Waals surface area contributed by atoms with Gasteiger partial charge in [0.1, 0.15) is 17.3 Å². The molecule has 8 nitrogen and oxygen atoms in total. The number of aromatic amines is 2. The second-order valence-electron chi connectivity index (χ2n) is 9.10. The monoisotopic (exact) mass is 492 g/mol. The highest BCUT2D eigenvalue weighted by Gasteiger charge is 2.24. The van der Waals surface area contributed by atoms with Gasteiger partial charge in [0, 0.05) is 47.0 Å². The molecule has 1 fully saturated rings. The minimum Gasteiger partial charge on any atom is -0.353 e. The molecule has 1 saturated heterocycles. The van der Waals surface area contributed by atoms with E-state index in [1.165, 1.54) is 12.1 Å². The van der Waals surface area contributed by atoms with Crippen LogP contribution in [0.3, 0.4) is 0 Å². The predicted molar refractivity (Wildman–Crippen MR) is 144 cm³/mol. The second kappa shape index (κ2) is 9.11. The number of nitrogens with zero attached hydrogens (tertiary/aromatic N) is 5. The summed E-state index contributed by atoms with van der Waals surface area (Å²) in [6, 6.07) is 10.5. The van der Waals surface area contributed by atoms with Gasteiger partial charge in [0.25, 0.3) is 0 Å². The van der Waals surface area contributed by atoms with Crippen molar-refractivity contribution in [2.24, 2.45) is 5.73 Å². The summed E-state index contributed by atoms with van der Waals surface area (Å²) >= 11 is 0. The van der Waals surface area contributed by atoms with Crippen molar-refractivity contribution in [3.8, 4) is 22.6 Å². The number of aromatic nitrogens is 6. The van der Waals surface area contributed by atoms with E-state index in [-0.39, 0.29) is 11.9 Å². The Bertz CT molecular complexity index is 1760. The number of halogens is 1. The summed E-state index contributed by atoms with van der Waals surface area (Å²) in [5.41, 5.74) is 11.1. The zero-order chi connectivity index (χ0) is 25.5. The van der Waals surface area contributed by atoms with Crippen LogP contribution in [0.1, 0.15) is 12.6 Å². The lowest BCUT2D eigenvalue weighted by Gasteiger charge is -2.37. The predicted octanol–water partition coefficient (Wildman–Crippen LogP) is 2.99. The van der Waals surface area contributed by atoms with E-state index in [1.807, 2.05) is 37.3 Å². The lowest BCUT2D eigenvalue weighted by Crippen LogP contribution is -2.56. The molecule has 0 amide bonds. The summed E-state index contributed by atoms with van der Waals surface area (Å²) < 4.78 is 13.9. The number of rotatable bonds is 5. The Morgan fingerprint density at radius 1 is 1.19 bits per heavy atom. The number of H-pyrrole nitrogens is 2. The molecule has 0 saturated carbocycles. The molecule has 6 rings (SSSR count). The van der Waals surface area contributed by atoms with Crippen LogP contribution in [-0.2, 0) is 0 Å². The molecule has 1 aliphatic rings. The summed E-state index contributed by atoms with van der Waals surface area (Å²) in [4.78, 5) is 19.2. The van der Waals surface area contributed by atoms with E-state index in [1.54, 1.807) is 24.7 Å². The molecule has 5 heterocycles. The van der Waals surface area contributed by atoms with Crippen molar-refractivity contribution < 1.29 is 4.39 Å². The summed E-state index contributed by atoms with van der Waals surface area (Å²) in [5.74, 6) is 0.485. The van der Waals surface area contributed by atoms with E-state index in [4.69, 9.17) is 10.7 Å². The third kappa shape index (κ3) is 4.19. The van der Waals surface area contributed by atoms with Gasteiger partial charge in [-0.1, -0.05) is 24.8 Å². The van der Waals surface area contributed by atoms with E-state index >= 15 is 0 Å². The number of nitrogens with two attached hydrogens (primary N) is 1. The van der Waals surface area contributed by atoms with E-state index in [2.05, 4.69) is 36.6 Å². The maximum Gasteiger partial charge on any atom is 0.147 e. The smallest absolute Gasteiger partial charge is 0.147 e. The molecular weight excluding hydrogens is 467 g/mol. The lowest BCUT2D eigenvalue weighted by molar-refractivity contribution is 0.513. The van der Waals surface area contributed by atoms with Crippen LogP contribution in [0.15, 0.2) is 61.6 Å². The molecule has 0 bridgehead atoms. The van der Waals surface area contributed by atoms with Crippen molar-refractivity contribution in [2.75, 3.05) is 18.0 Å². The van der Waals surface area contributed by atoms with Crippen molar-refractivity contribution in [2.45, 2.75) is 13.0 Å². The quantitative estimate of drug-likeness (QED) is 0.348. The van der Waals surface area contributed by atoms with Gasteiger partial charge in [-0.05, 0) is 42.8 Å². The molecule has 37 heavy (non-hydrogen) atoms. The van der Waals surface area contributed by atoms with Crippen molar-refractivity contribution >= 4 is 34.4 Å². The van der Waals surface area contributed by atoms with Gasteiger partial charge in [-0.25, -0.2) is 9.37 Å². The van der Waals surface area contributed by atoms with Gasteiger partial charge >= 0.3 is 0 Å². The average Bonchev–Trinajstić information content (AvgIpc) is 3.50. The average molecular weight is 493 g/mol. The first-order chi connectivity index (χ1) is 18.0. The summed E-state index contributed by atoms with van der Waals surface area (Å²) in [5, 5.41) is 10.3. The molecule has 184 valence electrons. The van der Waals surface area contributed by atoms with Crippen LogP contribution in [-0.4, -0.2) is 49.3 Å². The van der Waals surface area contributed by atoms with Gasteiger partial charge in [-0.2, -0.15) is 5.10 Å². The van der Waals surface area contributed by atoms with E-state index < -0.39 is 0 Å². The Labute approximate surface area is 212 Å². The molecule has 0 spiro atoms. The summed E-state index contributed by atoms with van der Waals surface area (Å²) in [6.07, 6.45) is 9.08. The molecule has 1 aliphatic heterocycles. The van der Waals surface area contributed by atoms with Crippen molar-refractivity contribution in [1.82, 2.24) is 30.1 Å². The van der Waals surface area contributed by atoms with Crippen LogP contribution in [0.25, 0.3) is 51.3 Å². The standard InChI is InChI=1S/C28H25FN8/c1-3-22-20(9-16(2)25-12-31-13-26(34-25)37-14-19(30)15-37)28(36-35-22)24-11-21-23(33-24)7-8-32-27(21)17-5-4-6-18(29)10-17/h3-13,19,33,35H,2,14-15,30H2,1H3/b20-9+,22-3+. The number of nitrogens with one attached hydrogen (secondary N) is 2. The number of pyridine rings is 1. The van der Waals surface area contributed by atoms with Crippen LogP contribution in [0, 0.1) is 5.82 Å². The van der Waals surface area contributed by atoms with E-state index in [0.717, 1.165) is 51.8 Å². The molecule has 9 heteroatoms. The van der Waals surface area contributed by atoms with Crippen molar-refractivity contribution in [3.63, 3.8) is 0 Å². The van der Waals surface area contributed by atoms with Crippen LogP contribution in [0.5, 0.6) is 0 Å². The van der Waals surface area contributed by atoms with Gasteiger partial charge < -0.3 is 15.6 Å². The molecule has 1 aromatic carbocycles. The first-order valence-electron chi connectivity index (χ1n) is 12.0. The highest BCUT2D eigenvalue weighted by atomic mass is 19.1. The lowest BCUT2D eigenvalue weighted by atomic mass is 10.1. The Balaban J connectivity index is 1.42. The zero-order valence-corrected chi connectivity index (χ0v) is 20.2. The molecule has 0 unspecified atom stereocenters. The third-order valence-electron chi connectivity index (χ3n) is 6.53. The van der Waals surface area contributed by atoms with Crippen LogP contribution < -0.4 is 21.2 Å². The SMILES string of the molecule is C=C(/C=c1/c(-c2cc3c(-c4cccc(F)c4)nccc3[nH]2)n[nH]/c1=C/C)c1cncc(N2CC(N)C2)n1. The minimum absolute atomic E-state index is 0.171. The van der Waals surface area contributed by atoms with Crippen LogP contribution in [0.4, 0.5) is 10.2 Å². The van der Waals surface area contributed by atoms with Crippen LogP contribution in [0.2, 0.25) is 0 Å². The molecule has 0 radical (unpaired) electrons. The number of fused-ring (bicyclic) bond motifs is 1. The number of benzene rings is 1. The maximum absolute atomic E-state index is 13.9. The van der Waals surface area contributed by atoms with E-state index in [0.29, 0.717) is 22.5 Å². The minimum atomic E-state index is -0.304. The maximum atomic E-state index is 13.9. The molecule has 5 aromatic rings. The zero-order valence-electron chi connectivity index (χ0n) is 20.2. The Morgan fingerprint density at radius 2 is 2.05 bits per heavy atom. The summed E-state index contributed by atoms with van der Waals surface area (Å²) in [7, 11) is 0. The molecule has 0 atom stereocenters. The largest absolute Gasteiger partial charge is 0.353 e. The van der Waals surface area contributed by atoms with Gasteiger partial charge in [-0.15, -0.1) is 0 Å². The molecule has 4 aromatic heterocycles. The third-order valence-corrected chi connectivity index (χ3v) is 6.53. The number of allylic oxidation sites excluding steroid dienone is 1. The number of anilines is 1.